The third kappa shape index (κ3) is 62.1. The maximum absolute atomic E-state index is 12.3. The Labute approximate surface area is 469 Å². The molecule has 0 fully saturated rings. The predicted molar refractivity (Wildman–Crippen MR) is 334 cm³/mol. The van der Waals surface area contributed by atoms with Gasteiger partial charge in [-0.2, -0.15) is 0 Å². The van der Waals surface area contributed by atoms with Crippen LogP contribution in [0.4, 0.5) is 0 Å². The van der Waals surface area contributed by atoms with Crippen LogP contribution in [0.3, 0.4) is 0 Å². The van der Waals surface area contributed by atoms with Gasteiger partial charge in [-0.25, -0.2) is 0 Å². The molecule has 5 heteroatoms. The van der Waals surface area contributed by atoms with Crippen LogP contribution in [0.15, 0.2) is 158 Å². The number of unbranched alkanes of at least 4 members (excludes halogenated alkanes) is 21. The van der Waals surface area contributed by atoms with Crippen molar-refractivity contribution in [3.05, 3.63) is 158 Å². The van der Waals surface area contributed by atoms with Crippen molar-refractivity contribution in [1.82, 2.24) is 0 Å². The molecule has 1 atom stereocenters. The SMILES string of the molecule is CC/C=C\C/C=C\C/C=C\C/C=C\C/C=C\C/C=C\C/C=C\CCCCCCCCCC(=O)OC(CO)COC(=O)CCCCCCCCCCCCCCCC/C=C\C/C=C\C/C=C\C/C=C\C/C=C\C/C=C\CC. The molecule has 0 radical (unpaired) electrons. The molecule has 0 spiro atoms. The minimum atomic E-state index is -0.791. The molecule has 0 aromatic carbocycles. The van der Waals surface area contributed by atoms with Crippen molar-refractivity contribution in [2.45, 2.75) is 264 Å². The van der Waals surface area contributed by atoms with Crippen molar-refractivity contribution < 1.29 is 24.2 Å². The average molecular weight is 1050 g/mol. The number of ether oxygens (including phenoxy) is 2. The Morgan fingerprint density at radius 1 is 0.303 bits per heavy atom. The molecule has 0 rings (SSSR count). The maximum atomic E-state index is 12.3. The van der Waals surface area contributed by atoms with E-state index in [4.69, 9.17) is 9.47 Å². The summed E-state index contributed by atoms with van der Waals surface area (Å²) < 4.78 is 10.7. The van der Waals surface area contributed by atoms with Gasteiger partial charge < -0.3 is 14.6 Å². The Morgan fingerprint density at radius 3 is 0.789 bits per heavy atom. The van der Waals surface area contributed by atoms with Crippen molar-refractivity contribution in [2.75, 3.05) is 13.2 Å². The fourth-order valence-electron chi connectivity index (χ4n) is 8.25. The Hall–Kier alpha value is -4.48. The van der Waals surface area contributed by atoms with Gasteiger partial charge in [-0.1, -0.05) is 281 Å². The van der Waals surface area contributed by atoms with Crippen LogP contribution in [0.1, 0.15) is 258 Å². The maximum Gasteiger partial charge on any atom is 0.306 e. The van der Waals surface area contributed by atoms with Crippen LogP contribution in [0, 0.1) is 0 Å². The Kier molecular flexibility index (Phi) is 61.0. The van der Waals surface area contributed by atoms with Crippen LogP contribution >= 0.6 is 0 Å². The second-order valence-corrected chi connectivity index (χ2v) is 20.0. The fraction of sp³-hybridized carbons (Fsp3) is 0.606. The summed E-state index contributed by atoms with van der Waals surface area (Å²) in [6.07, 6.45) is 99.4. The van der Waals surface area contributed by atoms with E-state index in [9.17, 15) is 14.7 Å². The molecule has 5 nitrogen and oxygen atoms in total. The number of carbonyl (C=O) groups is 2. The number of allylic oxidation sites excluding steroid dienone is 26. The summed E-state index contributed by atoms with van der Waals surface area (Å²) in [7, 11) is 0. The van der Waals surface area contributed by atoms with E-state index in [1.54, 1.807) is 0 Å². The number of rotatable bonds is 55. The van der Waals surface area contributed by atoms with Crippen molar-refractivity contribution in [3.8, 4) is 0 Å². The summed E-state index contributed by atoms with van der Waals surface area (Å²) in [4.78, 5) is 24.6. The zero-order valence-electron chi connectivity index (χ0n) is 49.0. The first kappa shape index (κ1) is 71.5. The lowest BCUT2D eigenvalue weighted by Crippen LogP contribution is -2.28. The topological polar surface area (TPSA) is 72.8 Å². The van der Waals surface area contributed by atoms with Gasteiger partial charge in [0.25, 0.3) is 0 Å². The van der Waals surface area contributed by atoms with E-state index in [1.807, 2.05) is 0 Å². The molecule has 0 amide bonds. The molecule has 0 heterocycles. The molecular formula is C71H114O5. The van der Waals surface area contributed by atoms with Gasteiger partial charge in [-0.3, -0.25) is 9.59 Å². The minimum absolute atomic E-state index is 0.0795. The molecule has 0 saturated carbocycles. The fourth-order valence-corrected chi connectivity index (χ4v) is 8.25. The van der Waals surface area contributed by atoms with Crippen LogP contribution < -0.4 is 0 Å². The Balaban J connectivity index is 3.56. The van der Waals surface area contributed by atoms with Gasteiger partial charge in [0, 0.05) is 12.8 Å². The molecule has 0 aliphatic rings. The number of aliphatic hydroxyl groups is 1. The third-order valence-electron chi connectivity index (χ3n) is 12.8. The van der Waals surface area contributed by atoms with Gasteiger partial charge in [0.1, 0.15) is 6.61 Å². The van der Waals surface area contributed by atoms with Crippen LogP contribution in [-0.2, 0) is 19.1 Å². The van der Waals surface area contributed by atoms with Gasteiger partial charge in [0.2, 0.25) is 0 Å². The molecule has 0 aliphatic carbocycles. The normalized spacial score (nSPS) is 13.4. The highest BCUT2D eigenvalue weighted by molar-refractivity contribution is 5.70. The first-order valence-electron chi connectivity index (χ1n) is 31.0. The molecule has 0 saturated heterocycles. The van der Waals surface area contributed by atoms with E-state index in [0.29, 0.717) is 12.8 Å². The Morgan fingerprint density at radius 2 is 0.526 bits per heavy atom. The molecule has 0 aromatic rings. The van der Waals surface area contributed by atoms with Crippen molar-refractivity contribution in [1.29, 1.82) is 0 Å². The molecule has 1 unspecified atom stereocenters. The molecule has 76 heavy (non-hydrogen) atoms. The van der Waals surface area contributed by atoms with E-state index in [2.05, 4.69) is 172 Å². The second kappa shape index (κ2) is 64.8. The van der Waals surface area contributed by atoms with E-state index in [-0.39, 0.29) is 25.2 Å². The summed E-state index contributed by atoms with van der Waals surface area (Å²) in [5.74, 6) is -0.610. The summed E-state index contributed by atoms with van der Waals surface area (Å²) in [5.41, 5.74) is 0. The highest BCUT2D eigenvalue weighted by Gasteiger charge is 2.16. The molecule has 1 N–H and O–H groups in total. The van der Waals surface area contributed by atoms with Crippen molar-refractivity contribution >= 4 is 11.9 Å². The number of esters is 2. The summed E-state index contributed by atoms with van der Waals surface area (Å²) in [6.45, 7) is 3.90. The average Bonchev–Trinajstić information content (AvgIpc) is 3.42. The van der Waals surface area contributed by atoms with Crippen LogP contribution in [0.25, 0.3) is 0 Å². The molecule has 0 bridgehead atoms. The summed E-state index contributed by atoms with van der Waals surface area (Å²) in [6, 6.07) is 0. The zero-order chi connectivity index (χ0) is 54.8. The van der Waals surface area contributed by atoms with Crippen LogP contribution in [-0.4, -0.2) is 36.4 Å². The molecule has 428 valence electrons. The molecular weight excluding hydrogens is 933 g/mol. The number of hydrogen-bond donors (Lipinski definition) is 1. The number of hydrogen-bond acceptors (Lipinski definition) is 5. The second-order valence-electron chi connectivity index (χ2n) is 20.0. The minimum Gasteiger partial charge on any atom is -0.462 e. The van der Waals surface area contributed by atoms with Gasteiger partial charge in [-0.05, 0) is 122 Å². The highest BCUT2D eigenvalue weighted by Crippen LogP contribution is 2.15. The lowest BCUT2D eigenvalue weighted by Gasteiger charge is -2.15. The van der Waals surface area contributed by atoms with Crippen molar-refractivity contribution in [3.63, 3.8) is 0 Å². The van der Waals surface area contributed by atoms with Gasteiger partial charge in [0.05, 0.1) is 6.61 Å². The summed E-state index contributed by atoms with van der Waals surface area (Å²) in [5, 5.41) is 9.68. The highest BCUT2D eigenvalue weighted by atomic mass is 16.6. The van der Waals surface area contributed by atoms with E-state index < -0.39 is 6.10 Å². The predicted octanol–water partition coefficient (Wildman–Crippen LogP) is 21.5. The van der Waals surface area contributed by atoms with E-state index in [1.165, 1.54) is 103 Å². The van der Waals surface area contributed by atoms with Gasteiger partial charge in [0.15, 0.2) is 6.10 Å². The standard InChI is InChI=1S/C71H114O5/c1-3-5-7-9-11-13-15-17-19-21-23-25-27-29-31-33-34-35-36-38-39-41-43-45-47-49-51-53-55-57-59-61-63-65-70(73)75-68-69(67-72)76-71(74)66-64-62-60-58-56-54-52-50-48-46-44-42-40-37-32-30-28-26-24-22-20-18-16-14-12-10-8-6-4-2/h5-8,11-14,17-20,23-26,29-32,34-35,40,42,46,48,69,72H,3-4,9-10,15-16,21-22,27-28,33,36-39,41,43-45,47,49-68H2,1-2H3/b7-5-,8-6-,13-11-,14-12-,19-17-,20-18-,25-23-,26-24-,31-29-,32-30-,35-34-,42-40-,48-46-. The smallest absolute Gasteiger partial charge is 0.306 e. The Bertz CT molecular complexity index is 1660. The van der Waals surface area contributed by atoms with Crippen LogP contribution in [0.2, 0.25) is 0 Å². The first-order valence-corrected chi connectivity index (χ1v) is 31.0. The zero-order valence-corrected chi connectivity index (χ0v) is 49.0. The first-order chi connectivity index (χ1) is 37.6. The van der Waals surface area contributed by atoms with E-state index in [0.717, 1.165) is 128 Å². The quantitative estimate of drug-likeness (QED) is 0.0373. The monoisotopic (exact) mass is 1050 g/mol. The van der Waals surface area contributed by atoms with Gasteiger partial charge in [-0.15, -0.1) is 0 Å². The van der Waals surface area contributed by atoms with Gasteiger partial charge >= 0.3 is 11.9 Å². The van der Waals surface area contributed by atoms with Crippen molar-refractivity contribution in [2.24, 2.45) is 0 Å². The largest absolute Gasteiger partial charge is 0.462 e. The van der Waals surface area contributed by atoms with Crippen LogP contribution in [0.5, 0.6) is 0 Å². The lowest BCUT2D eigenvalue weighted by molar-refractivity contribution is -0.161. The lowest BCUT2D eigenvalue weighted by atomic mass is 10.0. The van der Waals surface area contributed by atoms with E-state index >= 15 is 0 Å². The number of carbonyl (C=O) groups excluding carboxylic acids is 2. The molecule has 0 aromatic heterocycles. The number of aliphatic hydroxyl groups excluding tert-OH is 1. The summed E-state index contributed by atoms with van der Waals surface area (Å²) >= 11 is 0. The molecule has 0 aliphatic heterocycles. The third-order valence-corrected chi connectivity index (χ3v) is 12.8.